The number of hydrogen-bond acceptors (Lipinski definition) is 2. The van der Waals surface area contributed by atoms with Crippen LogP contribution in [0.2, 0.25) is 0 Å². The Hall–Kier alpha value is -3.92. The van der Waals surface area contributed by atoms with Gasteiger partial charge in [-0.1, -0.05) is 60.7 Å². The highest BCUT2D eigenvalue weighted by Gasteiger charge is 2.18. The summed E-state index contributed by atoms with van der Waals surface area (Å²) in [6.45, 7) is 0. The zero-order valence-electron chi connectivity index (χ0n) is 15.1. The quantitative estimate of drug-likeness (QED) is 0.373. The number of aromatic amines is 2. The van der Waals surface area contributed by atoms with Crippen molar-refractivity contribution in [2.75, 3.05) is 0 Å². The first-order chi connectivity index (χ1) is 13.8. The summed E-state index contributed by atoms with van der Waals surface area (Å²) in [7, 11) is 0. The number of hydrogen-bond donors (Lipinski definition) is 2. The molecule has 28 heavy (non-hydrogen) atoms. The van der Waals surface area contributed by atoms with Crippen LogP contribution in [0, 0.1) is 0 Å². The van der Waals surface area contributed by atoms with Crippen molar-refractivity contribution in [1.29, 1.82) is 0 Å². The highest BCUT2D eigenvalue weighted by molar-refractivity contribution is 6.03. The van der Waals surface area contributed by atoms with Crippen LogP contribution in [0.3, 0.4) is 0 Å². The van der Waals surface area contributed by atoms with Crippen molar-refractivity contribution in [3.05, 3.63) is 119 Å². The van der Waals surface area contributed by atoms with E-state index in [1.165, 1.54) is 0 Å². The molecule has 2 aromatic heterocycles. The molecule has 4 heteroatoms. The van der Waals surface area contributed by atoms with Crippen LogP contribution in [0.5, 0.6) is 0 Å². The number of carbonyl (C=O) groups is 2. The maximum Gasteiger partial charge on any atom is 0.166 e. The smallest absolute Gasteiger partial charge is 0.166 e. The van der Waals surface area contributed by atoms with Gasteiger partial charge in [-0.25, -0.2) is 0 Å². The predicted molar refractivity (Wildman–Crippen MR) is 110 cm³/mol. The number of benzene rings is 2. The minimum atomic E-state index is 0.510. The van der Waals surface area contributed by atoms with Gasteiger partial charge in [-0.05, 0) is 35.4 Å². The van der Waals surface area contributed by atoms with Crippen molar-refractivity contribution in [3.8, 4) is 0 Å². The SMILES string of the molecule is O=Cc1ccc(/C(=C(\c2ccccc2)c2ccc(C=O)[nH]2)c2ccccc2)[nH]1. The second kappa shape index (κ2) is 7.76. The molecule has 4 aromatic rings. The van der Waals surface area contributed by atoms with Crippen LogP contribution in [0.1, 0.15) is 43.5 Å². The highest BCUT2D eigenvalue weighted by Crippen LogP contribution is 2.35. The molecule has 0 aliphatic rings. The van der Waals surface area contributed by atoms with E-state index in [0.29, 0.717) is 11.4 Å². The molecule has 0 bridgehead atoms. The van der Waals surface area contributed by atoms with Gasteiger partial charge < -0.3 is 9.97 Å². The summed E-state index contributed by atoms with van der Waals surface area (Å²) in [5, 5.41) is 0. The normalized spacial score (nSPS) is 11.7. The Bertz CT molecular complexity index is 1040. The van der Waals surface area contributed by atoms with E-state index in [1.54, 1.807) is 12.1 Å². The number of aldehydes is 2. The summed E-state index contributed by atoms with van der Waals surface area (Å²) in [5.41, 5.74) is 6.57. The van der Waals surface area contributed by atoms with Crippen LogP contribution < -0.4 is 0 Å². The number of carbonyl (C=O) groups excluding carboxylic acids is 2. The molecule has 4 nitrogen and oxygen atoms in total. The fourth-order valence-corrected chi connectivity index (χ4v) is 3.33. The topological polar surface area (TPSA) is 65.7 Å². The second-order valence-electron chi connectivity index (χ2n) is 6.37. The fourth-order valence-electron chi connectivity index (χ4n) is 3.33. The maximum atomic E-state index is 11.2. The van der Waals surface area contributed by atoms with Gasteiger partial charge in [-0.15, -0.1) is 0 Å². The second-order valence-corrected chi connectivity index (χ2v) is 6.37. The standard InChI is InChI=1S/C24H18N2O2/c27-15-19-11-13-21(25-19)23(17-7-3-1-4-8-17)24(18-9-5-2-6-10-18)22-14-12-20(16-28)26-22/h1-16,25-26H/b24-23+. The Morgan fingerprint density at radius 1 is 0.536 bits per heavy atom. The maximum absolute atomic E-state index is 11.2. The zero-order chi connectivity index (χ0) is 19.3. The van der Waals surface area contributed by atoms with Crippen LogP contribution in [0.4, 0.5) is 0 Å². The van der Waals surface area contributed by atoms with Gasteiger partial charge in [0.1, 0.15) is 0 Å². The van der Waals surface area contributed by atoms with Crippen molar-refractivity contribution in [3.63, 3.8) is 0 Å². The molecule has 136 valence electrons. The van der Waals surface area contributed by atoms with Gasteiger partial charge in [-0.3, -0.25) is 9.59 Å². The zero-order valence-corrected chi connectivity index (χ0v) is 15.1. The van der Waals surface area contributed by atoms with Gasteiger partial charge in [-0.2, -0.15) is 0 Å². The van der Waals surface area contributed by atoms with Crippen LogP contribution in [0.15, 0.2) is 84.9 Å². The van der Waals surface area contributed by atoms with E-state index in [1.807, 2.05) is 72.8 Å². The summed E-state index contributed by atoms with van der Waals surface area (Å²) in [4.78, 5) is 28.9. The molecule has 0 aliphatic carbocycles. The number of rotatable bonds is 6. The highest BCUT2D eigenvalue weighted by atomic mass is 16.1. The molecule has 0 atom stereocenters. The minimum absolute atomic E-state index is 0.510. The molecule has 2 heterocycles. The Kier molecular flexibility index (Phi) is 4.85. The molecule has 0 spiro atoms. The lowest BCUT2D eigenvalue weighted by molar-refractivity contribution is 0.111. The van der Waals surface area contributed by atoms with E-state index >= 15 is 0 Å². The first kappa shape index (κ1) is 17.5. The van der Waals surface area contributed by atoms with Crippen molar-refractivity contribution < 1.29 is 9.59 Å². The summed E-state index contributed by atoms with van der Waals surface area (Å²) < 4.78 is 0. The summed E-state index contributed by atoms with van der Waals surface area (Å²) in [6.07, 6.45) is 1.60. The van der Waals surface area contributed by atoms with Crippen LogP contribution in [-0.2, 0) is 0 Å². The van der Waals surface area contributed by atoms with Crippen molar-refractivity contribution in [2.45, 2.75) is 0 Å². The monoisotopic (exact) mass is 366 g/mol. The van der Waals surface area contributed by atoms with E-state index < -0.39 is 0 Å². The molecule has 2 N–H and O–H groups in total. The molecule has 0 amide bonds. The number of aromatic nitrogens is 2. The van der Waals surface area contributed by atoms with E-state index in [2.05, 4.69) is 9.97 Å². The molecule has 0 unspecified atom stereocenters. The fraction of sp³-hybridized carbons (Fsp3) is 0. The van der Waals surface area contributed by atoms with Crippen LogP contribution in [-0.4, -0.2) is 22.5 Å². The molecule has 0 saturated heterocycles. The summed E-state index contributed by atoms with van der Waals surface area (Å²) in [6, 6.07) is 27.3. The van der Waals surface area contributed by atoms with E-state index in [4.69, 9.17) is 0 Å². The lowest BCUT2D eigenvalue weighted by Crippen LogP contribution is -1.98. The van der Waals surface area contributed by atoms with E-state index in [0.717, 1.165) is 46.2 Å². The molecule has 4 rings (SSSR count). The van der Waals surface area contributed by atoms with Crippen LogP contribution in [0.25, 0.3) is 11.1 Å². The Labute approximate surface area is 162 Å². The third-order valence-electron chi connectivity index (χ3n) is 4.58. The molecule has 0 aliphatic heterocycles. The average molecular weight is 366 g/mol. The Morgan fingerprint density at radius 2 is 0.929 bits per heavy atom. The summed E-state index contributed by atoms with van der Waals surface area (Å²) in [5.74, 6) is 0. The van der Waals surface area contributed by atoms with E-state index in [9.17, 15) is 9.59 Å². The molecule has 0 fully saturated rings. The Morgan fingerprint density at radius 3 is 1.25 bits per heavy atom. The first-order valence-electron chi connectivity index (χ1n) is 8.94. The van der Waals surface area contributed by atoms with Gasteiger partial charge in [0.05, 0.1) is 11.4 Å². The lowest BCUT2D eigenvalue weighted by atomic mass is 9.90. The molecule has 0 radical (unpaired) electrons. The Balaban J connectivity index is 2.07. The van der Waals surface area contributed by atoms with Gasteiger partial charge in [0, 0.05) is 22.5 Å². The van der Waals surface area contributed by atoms with Crippen molar-refractivity contribution in [2.24, 2.45) is 0 Å². The van der Waals surface area contributed by atoms with Gasteiger partial charge in [0.25, 0.3) is 0 Å². The third kappa shape index (κ3) is 3.35. The third-order valence-corrected chi connectivity index (χ3v) is 4.58. The molecular formula is C24H18N2O2. The number of nitrogens with one attached hydrogen (secondary N) is 2. The van der Waals surface area contributed by atoms with Crippen molar-refractivity contribution in [1.82, 2.24) is 9.97 Å². The first-order valence-corrected chi connectivity index (χ1v) is 8.94. The van der Waals surface area contributed by atoms with Gasteiger partial charge >= 0.3 is 0 Å². The van der Waals surface area contributed by atoms with Gasteiger partial charge in [0.2, 0.25) is 0 Å². The lowest BCUT2D eigenvalue weighted by Gasteiger charge is -2.15. The molecular weight excluding hydrogens is 348 g/mol. The molecule has 2 aromatic carbocycles. The van der Waals surface area contributed by atoms with Crippen LogP contribution >= 0.6 is 0 Å². The average Bonchev–Trinajstić information content (AvgIpc) is 3.42. The predicted octanol–water partition coefficient (Wildman–Crippen LogP) is 4.98. The van der Waals surface area contributed by atoms with E-state index in [-0.39, 0.29) is 0 Å². The number of H-pyrrole nitrogens is 2. The minimum Gasteiger partial charge on any atom is -0.352 e. The molecule has 0 saturated carbocycles. The van der Waals surface area contributed by atoms with Gasteiger partial charge in [0.15, 0.2) is 12.6 Å². The largest absolute Gasteiger partial charge is 0.352 e. The van der Waals surface area contributed by atoms with Crippen molar-refractivity contribution >= 4 is 23.7 Å². The summed E-state index contributed by atoms with van der Waals surface area (Å²) >= 11 is 0.